The molecule has 61 heavy (non-hydrogen) atoms. The van der Waals surface area contributed by atoms with Crippen molar-refractivity contribution in [1.29, 1.82) is 0 Å². The lowest BCUT2D eigenvalue weighted by molar-refractivity contribution is -0.138. The first-order valence-electron chi connectivity index (χ1n) is 21.0. The minimum atomic E-state index is -1.01. The van der Waals surface area contributed by atoms with Crippen molar-refractivity contribution in [2.45, 2.75) is 115 Å². The summed E-state index contributed by atoms with van der Waals surface area (Å²) in [6.45, 7) is 0.763. The van der Waals surface area contributed by atoms with Crippen molar-refractivity contribution < 1.29 is 68.3 Å². The summed E-state index contributed by atoms with van der Waals surface area (Å²) in [6.07, 6.45) is 10.7. The maximum absolute atomic E-state index is 12.9. The van der Waals surface area contributed by atoms with Gasteiger partial charge in [0.15, 0.2) is 0 Å². The molecular formula is C43H51FN4O13. The SMILES string of the molecule is O=C(O)CCCCCCCOc1cccc2c1C(=O)N(C1CCC(=O)NC1=O)C2=O.O=CCCCCCCCOc1cccc2c1C(=O)N(C1CCC(=O)NC1=O)C2=O.[2H]CF. The average Bonchev–Trinajstić information content (AvgIpc) is 3.64. The van der Waals surface area contributed by atoms with Crippen molar-refractivity contribution in [2.75, 3.05) is 20.4 Å². The summed E-state index contributed by atoms with van der Waals surface area (Å²) in [5.41, 5.74) is 0.726. The van der Waals surface area contributed by atoms with Gasteiger partial charge in [-0.1, -0.05) is 50.7 Å². The fourth-order valence-electron chi connectivity index (χ4n) is 7.34. The fourth-order valence-corrected chi connectivity index (χ4v) is 7.34. The van der Waals surface area contributed by atoms with E-state index in [1.807, 2.05) is 0 Å². The van der Waals surface area contributed by atoms with Crippen LogP contribution >= 0.6 is 0 Å². The maximum atomic E-state index is 12.9. The number of carbonyl (C=O) groups is 10. The number of fused-ring (bicyclic) bond motifs is 2. The molecule has 2 unspecified atom stereocenters. The van der Waals surface area contributed by atoms with E-state index in [0.29, 0.717) is 37.6 Å². The number of nitrogens with zero attached hydrogens (tertiary/aromatic N) is 2. The minimum absolute atomic E-state index is 0.0691. The summed E-state index contributed by atoms with van der Waals surface area (Å²) < 4.78 is 27.0. The van der Waals surface area contributed by atoms with E-state index in [0.717, 1.165) is 73.9 Å². The number of unbranched alkanes of at least 4 members (excludes halogenated alkanes) is 9. The molecule has 6 rings (SSSR count). The van der Waals surface area contributed by atoms with Crippen molar-refractivity contribution in [1.82, 2.24) is 20.4 Å². The van der Waals surface area contributed by atoms with Crippen LogP contribution in [0.2, 0.25) is 0 Å². The van der Waals surface area contributed by atoms with Crippen LogP contribution < -0.4 is 20.1 Å². The van der Waals surface area contributed by atoms with Crippen LogP contribution in [-0.2, 0) is 28.8 Å². The molecule has 4 aliphatic heterocycles. The molecule has 3 N–H and O–H groups in total. The molecule has 0 aliphatic carbocycles. The number of piperidine rings is 2. The van der Waals surface area contributed by atoms with E-state index < -0.39 is 72.5 Å². The second kappa shape index (κ2) is 23.5. The van der Waals surface area contributed by atoms with Crippen molar-refractivity contribution in [2.24, 2.45) is 0 Å². The Kier molecular flexibility index (Phi) is 17.6. The van der Waals surface area contributed by atoms with Gasteiger partial charge in [0.05, 0.1) is 44.0 Å². The van der Waals surface area contributed by atoms with Gasteiger partial charge in [-0.25, -0.2) is 0 Å². The third-order valence-electron chi connectivity index (χ3n) is 10.4. The first kappa shape index (κ1) is 45.7. The van der Waals surface area contributed by atoms with Gasteiger partial charge in [0.25, 0.3) is 23.6 Å². The predicted molar refractivity (Wildman–Crippen MR) is 213 cm³/mol. The summed E-state index contributed by atoms with van der Waals surface area (Å²) in [6, 6.07) is 7.60. The number of alkyl halides is 1. The smallest absolute Gasteiger partial charge is 0.303 e. The third-order valence-corrected chi connectivity index (χ3v) is 10.4. The second-order valence-corrected chi connectivity index (χ2v) is 14.6. The number of benzene rings is 2. The Morgan fingerprint density at radius 2 is 1.10 bits per heavy atom. The molecule has 8 amide bonds. The van der Waals surface area contributed by atoms with E-state index in [1.54, 1.807) is 30.3 Å². The van der Waals surface area contributed by atoms with Gasteiger partial charge in [-0.05, 0) is 62.8 Å². The molecule has 0 spiro atoms. The van der Waals surface area contributed by atoms with Crippen LogP contribution in [0.5, 0.6) is 11.5 Å². The molecule has 0 radical (unpaired) electrons. The maximum Gasteiger partial charge on any atom is 0.303 e. The van der Waals surface area contributed by atoms with Crippen LogP contribution in [-0.4, -0.2) is 107 Å². The number of nitrogens with one attached hydrogen (secondary N) is 2. The fraction of sp³-hybridized carbons (Fsp3) is 0.488. The van der Waals surface area contributed by atoms with Gasteiger partial charge < -0.3 is 19.4 Å². The minimum Gasteiger partial charge on any atom is -0.493 e. The van der Waals surface area contributed by atoms with E-state index >= 15 is 0 Å². The number of carbonyl (C=O) groups excluding carboxylic acids is 9. The molecule has 2 aromatic carbocycles. The highest BCUT2D eigenvalue weighted by Crippen LogP contribution is 2.35. The van der Waals surface area contributed by atoms with Gasteiger partial charge in [0, 0.05) is 25.7 Å². The number of hydrogen-bond acceptors (Lipinski definition) is 12. The van der Waals surface area contributed by atoms with Crippen LogP contribution in [0.3, 0.4) is 0 Å². The number of halogens is 1. The Hall–Kier alpha value is -6.33. The number of aliphatic carboxylic acids is 1. The summed E-state index contributed by atoms with van der Waals surface area (Å²) in [7, 11) is -1.00. The molecule has 17 nitrogen and oxygen atoms in total. The van der Waals surface area contributed by atoms with Crippen LogP contribution in [0.15, 0.2) is 36.4 Å². The van der Waals surface area contributed by atoms with Gasteiger partial charge in [-0.3, -0.25) is 68.0 Å². The quantitative estimate of drug-likeness (QED) is 0.0947. The van der Waals surface area contributed by atoms with E-state index in [4.69, 9.17) is 16.0 Å². The molecule has 4 heterocycles. The highest BCUT2D eigenvalue weighted by atomic mass is 19.1. The van der Waals surface area contributed by atoms with Gasteiger partial charge in [0.2, 0.25) is 23.6 Å². The zero-order valence-corrected chi connectivity index (χ0v) is 33.7. The van der Waals surface area contributed by atoms with Gasteiger partial charge >= 0.3 is 5.97 Å². The lowest BCUT2D eigenvalue weighted by Crippen LogP contribution is -2.54. The topological polar surface area (TPSA) is 240 Å². The van der Waals surface area contributed by atoms with Crippen LogP contribution in [0, 0.1) is 0 Å². The Morgan fingerprint density at radius 1 is 0.689 bits per heavy atom. The molecule has 0 bridgehead atoms. The largest absolute Gasteiger partial charge is 0.493 e. The Labute approximate surface area is 353 Å². The Balaban J connectivity index is 0.000000257. The van der Waals surface area contributed by atoms with Crippen molar-refractivity contribution in [3.05, 3.63) is 58.7 Å². The normalized spacial score (nSPS) is 18.2. The molecule has 18 heteroatoms. The van der Waals surface area contributed by atoms with Crippen molar-refractivity contribution in [3.63, 3.8) is 0 Å². The zero-order valence-electron chi connectivity index (χ0n) is 34.7. The lowest BCUT2D eigenvalue weighted by Gasteiger charge is -2.27. The number of rotatable bonds is 20. The summed E-state index contributed by atoms with van der Waals surface area (Å²) >= 11 is 0. The van der Waals surface area contributed by atoms with Crippen LogP contribution in [0.25, 0.3) is 0 Å². The number of imide groups is 4. The zero-order chi connectivity index (χ0) is 45.2. The number of carboxylic acid groups (broad SMARTS) is 1. The molecule has 328 valence electrons. The van der Waals surface area contributed by atoms with Gasteiger partial charge in [-0.2, -0.15) is 0 Å². The predicted octanol–water partition coefficient (Wildman–Crippen LogP) is 4.48. The van der Waals surface area contributed by atoms with E-state index in [9.17, 15) is 52.3 Å². The molecule has 4 aliphatic rings. The highest BCUT2D eigenvalue weighted by molar-refractivity contribution is 6.25. The number of ether oxygens (including phenoxy) is 2. The van der Waals surface area contributed by atoms with Gasteiger partial charge in [0.1, 0.15) is 29.9 Å². The molecule has 2 aromatic rings. The standard InChI is InChI=1S/C21H24N2O7.C21H24N2O6.CH3F/c24-16-11-10-14(19(27)22-16)23-20(28)13-7-6-8-15(18(13)21(23)29)30-12-5-3-1-2-4-9-17(25)26;24-12-5-3-1-2-4-6-13-29-16-9-7-8-14-18(16)21(28)23(20(14)27)15-10-11-17(25)22-19(15)26;1-2/h6-8,14H,1-5,9-12H2,(H,25,26)(H,22,24,27);7-9,12,15H,1-6,10-11,13H2,(H,22,25,26);1H3/i;;1D. The Morgan fingerprint density at radius 3 is 1.51 bits per heavy atom. The summed E-state index contributed by atoms with van der Waals surface area (Å²) in [4.78, 5) is 121. The third kappa shape index (κ3) is 12.1. The molecule has 0 saturated carbocycles. The Bertz CT molecular complexity index is 2030. The first-order valence-corrected chi connectivity index (χ1v) is 20.3. The highest BCUT2D eigenvalue weighted by Gasteiger charge is 2.47. The van der Waals surface area contributed by atoms with E-state index in [1.165, 1.54) is 6.07 Å². The van der Waals surface area contributed by atoms with Gasteiger partial charge in [-0.15, -0.1) is 0 Å². The van der Waals surface area contributed by atoms with Crippen molar-refractivity contribution in [3.8, 4) is 11.5 Å². The van der Waals surface area contributed by atoms with E-state index in [-0.39, 0.29) is 54.4 Å². The molecule has 0 aromatic heterocycles. The van der Waals surface area contributed by atoms with E-state index in [2.05, 4.69) is 10.6 Å². The first-order chi connectivity index (χ1) is 29.9. The van der Waals surface area contributed by atoms with Crippen LogP contribution in [0.1, 0.15) is 146 Å². The number of carboxylic acids is 1. The molecular weight excluding hydrogens is 799 g/mol. The molecule has 2 atom stereocenters. The lowest BCUT2D eigenvalue weighted by atomic mass is 10.0. The molecule has 2 saturated heterocycles. The number of aldehydes is 1. The summed E-state index contributed by atoms with van der Waals surface area (Å²) in [5.74, 6) is -4.52. The second-order valence-electron chi connectivity index (χ2n) is 14.6. The van der Waals surface area contributed by atoms with Crippen LogP contribution in [0.4, 0.5) is 4.39 Å². The monoisotopic (exact) mass is 851 g/mol. The number of hydrogen-bond donors (Lipinski definition) is 3. The average molecular weight is 852 g/mol. The van der Waals surface area contributed by atoms with Crippen molar-refractivity contribution >= 4 is 59.5 Å². The molecule has 2 fully saturated rings. The summed E-state index contributed by atoms with van der Waals surface area (Å²) in [5, 5.41) is 13.0. The number of amides is 8.